The molecular formula is C16H21FN4. The van der Waals surface area contributed by atoms with Gasteiger partial charge in [-0.2, -0.15) is 0 Å². The summed E-state index contributed by atoms with van der Waals surface area (Å²) in [6.07, 6.45) is 2.55. The van der Waals surface area contributed by atoms with Gasteiger partial charge in [-0.1, -0.05) is 19.1 Å². The van der Waals surface area contributed by atoms with Gasteiger partial charge in [0.25, 0.3) is 0 Å². The fourth-order valence-electron chi connectivity index (χ4n) is 1.97. The van der Waals surface area contributed by atoms with E-state index in [9.17, 15) is 4.39 Å². The van der Waals surface area contributed by atoms with Crippen molar-refractivity contribution in [1.29, 1.82) is 0 Å². The minimum absolute atomic E-state index is 0.0333. The highest BCUT2D eigenvalue weighted by Crippen LogP contribution is 2.20. The monoisotopic (exact) mass is 288 g/mol. The normalized spacial score (nSPS) is 12.0. The van der Waals surface area contributed by atoms with E-state index in [1.54, 1.807) is 19.1 Å². The maximum Gasteiger partial charge on any atom is 0.131 e. The molecule has 21 heavy (non-hydrogen) atoms. The van der Waals surface area contributed by atoms with Gasteiger partial charge in [0.1, 0.15) is 23.8 Å². The maximum atomic E-state index is 13.6. The van der Waals surface area contributed by atoms with Crippen LogP contribution in [0.15, 0.2) is 30.6 Å². The van der Waals surface area contributed by atoms with Crippen LogP contribution in [0.25, 0.3) is 0 Å². The van der Waals surface area contributed by atoms with E-state index in [1.807, 2.05) is 19.1 Å². The lowest BCUT2D eigenvalue weighted by Crippen LogP contribution is -2.10. The molecule has 0 fully saturated rings. The first-order valence-corrected chi connectivity index (χ1v) is 7.18. The zero-order chi connectivity index (χ0) is 15.2. The SMILES string of the molecule is CCCNc1cc(NC(C)c2ccc(C)c(F)c2)ncn1. The Morgan fingerprint density at radius 2 is 1.95 bits per heavy atom. The quantitative estimate of drug-likeness (QED) is 0.846. The number of rotatable bonds is 6. The van der Waals surface area contributed by atoms with E-state index in [4.69, 9.17) is 0 Å². The molecular weight excluding hydrogens is 267 g/mol. The molecule has 0 aliphatic heterocycles. The number of anilines is 2. The standard InChI is InChI=1S/C16H21FN4/c1-4-7-18-15-9-16(20-10-19-15)21-12(3)13-6-5-11(2)14(17)8-13/h5-6,8-10,12H,4,7H2,1-3H3,(H2,18,19,20,21). The zero-order valence-corrected chi connectivity index (χ0v) is 12.7. The summed E-state index contributed by atoms with van der Waals surface area (Å²) in [6, 6.07) is 7.10. The first-order valence-electron chi connectivity index (χ1n) is 7.18. The Hall–Kier alpha value is -2.17. The predicted octanol–water partition coefficient (Wildman–Crippen LogP) is 3.92. The number of nitrogens with zero attached hydrogens (tertiary/aromatic N) is 2. The first-order chi connectivity index (χ1) is 10.1. The van der Waals surface area contributed by atoms with Gasteiger partial charge in [-0.25, -0.2) is 14.4 Å². The number of benzene rings is 1. The third kappa shape index (κ3) is 4.15. The van der Waals surface area contributed by atoms with Crippen LogP contribution in [-0.4, -0.2) is 16.5 Å². The molecule has 0 radical (unpaired) electrons. The van der Waals surface area contributed by atoms with Crippen LogP contribution in [0, 0.1) is 12.7 Å². The highest BCUT2D eigenvalue weighted by molar-refractivity contribution is 5.47. The molecule has 1 aromatic heterocycles. The average molecular weight is 288 g/mol. The molecule has 2 aromatic rings. The van der Waals surface area contributed by atoms with E-state index < -0.39 is 0 Å². The predicted molar refractivity (Wildman–Crippen MR) is 84.0 cm³/mol. The maximum absolute atomic E-state index is 13.6. The molecule has 1 aromatic carbocycles. The Kier molecular flexibility index (Phi) is 5.09. The number of hydrogen-bond donors (Lipinski definition) is 2. The van der Waals surface area contributed by atoms with Gasteiger partial charge in [0.05, 0.1) is 6.04 Å². The second-order valence-corrected chi connectivity index (χ2v) is 5.09. The van der Waals surface area contributed by atoms with E-state index in [0.717, 1.165) is 30.2 Å². The second kappa shape index (κ2) is 7.02. The number of aryl methyl sites for hydroxylation is 1. The molecule has 0 spiro atoms. The molecule has 0 amide bonds. The van der Waals surface area contributed by atoms with Gasteiger partial charge in [-0.05, 0) is 37.5 Å². The Bertz CT molecular complexity index is 601. The largest absolute Gasteiger partial charge is 0.370 e. The fraction of sp³-hybridized carbons (Fsp3) is 0.375. The molecule has 1 heterocycles. The molecule has 0 aliphatic rings. The van der Waals surface area contributed by atoms with Gasteiger partial charge < -0.3 is 10.6 Å². The van der Waals surface area contributed by atoms with Crippen molar-refractivity contribution in [2.75, 3.05) is 17.2 Å². The molecule has 112 valence electrons. The molecule has 0 saturated heterocycles. The van der Waals surface area contributed by atoms with Crippen molar-refractivity contribution in [3.05, 3.63) is 47.5 Å². The van der Waals surface area contributed by atoms with Crippen molar-refractivity contribution in [2.24, 2.45) is 0 Å². The van der Waals surface area contributed by atoms with Crippen LogP contribution in [0.5, 0.6) is 0 Å². The molecule has 0 aliphatic carbocycles. The number of hydrogen-bond acceptors (Lipinski definition) is 4. The average Bonchev–Trinajstić information content (AvgIpc) is 2.48. The van der Waals surface area contributed by atoms with E-state index in [1.165, 1.54) is 6.33 Å². The molecule has 1 unspecified atom stereocenters. The van der Waals surface area contributed by atoms with Gasteiger partial charge in [-0.3, -0.25) is 0 Å². The zero-order valence-electron chi connectivity index (χ0n) is 12.7. The topological polar surface area (TPSA) is 49.8 Å². The summed E-state index contributed by atoms with van der Waals surface area (Å²) in [7, 11) is 0. The van der Waals surface area contributed by atoms with Crippen LogP contribution in [-0.2, 0) is 0 Å². The molecule has 5 heteroatoms. The van der Waals surface area contributed by atoms with E-state index in [-0.39, 0.29) is 11.9 Å². The fourth-order valence-corrected chi connectivity index (χ4v) is 1.97. The van der Waals surface area contributed by atoms with Crippen LogP contribution in [0.1, 0.15) is 37.4 Å². The van der Waals surface area contributed by atoms with E-state index >= 15 is 0 Å². The van der Waals surface area contributed by atoms with Crippen LogP contribution < -0.4 is 10.6 Å². The highest BCUT2D eigenvalue weighted by atomic mass is 19.1. The van der Waals surface area contributed by atoms with Crippen molar-refractivity contribution in [3.63, 3.8) is 0 Å². The number of nitrogens with one attached hydrogen (secondary N) is 2. The highest BCUT2D eigenvalue weighted by Gasteiger charge is 2.09. The van der Waals surface area contributed by atoms with Gasteiger partial charge in [0.15, 0.2) is 0 Å². The summed E-state index contributed by atoms with van der Waals surface area (Å²) in [5, 5.41) is 6.48. The lowest BCUT2D eigenvalue weighted by atomic mass is 10.1. The lowest BCUT2D eigenvalue weighted by molar-refractivity contribution is 0.614. The first kappa shape index (κ1) is 15.2. The second-order valence-electron chi connectivity index (χ2n) is 5.09. The molecule has 2 N–H and O–H groups in total. The lowest BCUT2D eigenvalue weighted by Gasteiger charge is -2.16. The summed E-state index contributed by atoms with van der Waals surface area (Å²) < 4.78 is 13.6. The Morgan fingerprint density at radius 1 is 1.19 bits per heavy atom. The smallest absolute Gasteiger partial charge is 0.131 e. The van der Waals surface area contributed by atoms with Crippen LogP contribution in [0.2, 0.25) is 0 Å². The van der Waals surface area contributed by atoms with Gasteiger partial charge in [0.2, 0.25) is 0 Å². The van der Waals surface area contributed by atoms with Gasteiger partial charge >= 0.3 is 0 Å². The number of halogens is 1. The van der Waals surface area contributed by atoms with Crippen LogP contribution in [0.3, 0.4) is 0 Å². The minimum Gasteiger partial charge on any atom is -0.370 e. The Labute approximate surface area is 124 Å². The van der Waals surface area contributed by atoms with E-state index in [0.29, 0.717) is 5.56 Å². The summed E-state index contributed by atoms with van der Waals surface area (Å²) in [4.78, 5) is 8.36. The van der Waals surface area contributed by atoms with Gasteiger partial charge in [-0.15, -0.1) is 0 Å². The van der Waals surface area contributed by atoms with E-state index in [2.05, 4.69) is 27.5 Å². The molecule has 4 nitrogen and oxygen atoms in total. The van der Waals surface area contributed by atoms with Crippen molar-refractivity contribution < 1.29 is 4.39 Å². The van der Waals surface area contributed by atoms with Crippen molar-refractivity contribution in [3.8, 4) is 0 Å². The third-order valence-electron chi connectivity index (χ3n) is 3.28. The molecule has 0 saturated carbocycles. The minimum atomic E-state index is -0.186. The van der Waals surface area contributed by atoms with Crippen LogP contribution in [0.4, 0.5) is 16.0 Å². The van der Waals surface area contributed by atoms with Crippen molar-refractivity contribution in [2.45, 2.75) is 33.2 Å². The Morgan fingerprint density at radius 3 is 2.67 bits per heavy atom. The summed E-state index contributed by atoms with van der Waals surface area (Å²) >= 11 is 0. The third-order valence-corrected chi connectivity index (χ3v) is 3.28. The molecule has 1 atom stereocenters. The Balaban J connectivity index is 2.07. The van der Waals surface area contributed by atoms with Crippen molar-refractivity contribution >= 4 is 11.6 Å². The van der Waals surface area contributed by atoms with Crippen LogP contribution >= 0.6 is 0 Å². The summed E-state index contributed by atoms with van der Waals surface area (Å²) in [6.45, 7) is 6.70. The molecule has 0 bridgehead atoms. The van der Waals surface area contributed by atoms with Crippen molar-refractivity contribution in [1.82, 2.24) is 9.97 Å². The molecule has 2 rings (SSSR count). The number of aromatic nitrogens is 2. The summed E-state index contributed by atoms with van der Waals surface area (Å²) in [5.41, 5.74) is 1.54. The van der Waals surface area contributed by atoms with Gasteiger partial charge in [0, 0.05) is 12.6 Å². The summed E-state index contributed by atoms with van der Waals surface area (Å²) in [5.74, 6) is 1.32.